The number of rotatable bonds is 1. The van der Waals surface area contributed by atoms with Gasteiger partial charge in [0.15, 0.2) is 11.1 Å². The largest absolute Gasteiger partial charge is 0.302 e. The predicted octanol–water partition coefficient (Wildman–Crippen LogP) is 1.44. The first-order valence-electron chi connectivity index (χ1n) is 2.77. The van der Waals surface area contributed by atoms with E-state index in [-0.39, 0.29) is 0 Å². The third-order valence-electron chi connectivity index (χ3n) is 1.20. The second-order valence-corrected chi connectivity index (χ2v) is 2.87. The van der Waals surface area contributed by atoms with Gasteiger partial charge in [0.05, 0.1) is 0 Å². The van der Waals surface area contributed by atoms with Crippen molar-refractivity contribution in [2.75, 3.05) is 0 Å². The van der Waals surface area contributed by atoms with Crippen LogP contribution < -0.4 is 0 Å². The Morgan fingerprint density at radius 2 is 2.44 bits per heavy atom. The van der Waals surface area contributed by atoms with Crippen LogP contribution >= 0.6 is 0 Å². The van der Waals surface area contributed by atoms with Gasteiger partial charge in [-0.25, -0.2) is 4.21 Å². The molecular weight excluding hydrogens is 136 g/mol. The Labute approximate surface area is 56.6 Å². The fourth-order valence-electron chi connectivity index (χ4n) is 0.726. The van der Waals surface area contributed by atoms with Crippen LogP contribution in [-0.4, -0.2) is 8.76 Å². The van der Waals surface area contributed by atoms with Crippen LogP contribution in [0.4, 0.5) is 0 Å². The van der Waals surface area contributed by atoms with E-state index in [1.54, 1.807) is 6.08 Å². The van der Waals surface area contributed by atoms with Crippen molar-refractivity contribution in [1.29, 1.82) is 0 Å². The minimum absolute atomic E-state index is 0.623. The van der Waals surface area contributed by atoms with Gasteiger partial charge in [0, 0.05) is 4.91 Å². The molecule has 0 amide bonds. The first-order chi connectivity index (χ1) is 4.30. The molecule has 1 rings (SSSR count). The first kappa shape index (κ1) is 6.71. The maximum Gasteiger partial charge on any atom is 0.182 e. The van der Waals surface area contributed by atoms with Crippen LogP contribution in [0.1, 0.15) is 12.8 Å². The quantitative estimate of drug-likeness (QED) is 0.565. The summed E-state index contributed by atoms with van der Waals surface area (Å²) in [5, 5.41) is 0. The Balaban J connectivity index is 2.68. The molecule has 3 heteroatoms. The minimum Gasteiger partial charge on any atom is -0.302 e. The van der Waals surface area contributed by atoms with Crippen LogP contribution in [0, 0.1) is 0 Å². The van der Waals surface area contributed by atoms with Gasteiger partial charge in [0.25, 0.3) is 0 Å². The molecule has 0 saturated heterocycles. The highest BCUT2D eigenvalue weighted by Gasteiger charge is 2.03. The lowest BCUT2D eigenvalue weighted by molar-refractivity contribution is 0.569. The highest BCUT2D eigenvalue weighted by Crippen LogP contribution is 2.13. The van der Waals surface area contributed by atoms with Crippen molar-refractivity contribution in [2.45, 2.75) is 12.8 Å². The molecule has 1 unspecified atom stereocenters. The molecule has 0 heterocycles. The molecule has 0 aromatic carbocycles. The average Bonchev–Trinajstić information content (AvgIpc) is 1.90. The van der Waals surface area contributed by atoms with Crippen LogP contribution in [0.5, 0.6) is 0 Å². The average molecular weight is 144 g/mol. The molecule has 1 aliphatic carbocycles. The molecule has 2 nitrogen and oxygen atoms in total. The van der Waals surface area contributed by atoms with E-state index in [0.29, 0.717) is 4.91 Å². The van der Waals surface area contributed by atoms with E-state index < -0.39 is 11.1 Å². The molecule has 0 aliphatic heterocycles. The van der Waals surface area contributed by atoms with Gasteiger partial charge in [-0.3, -0.25) is 0 Å². The van der Waals surface area contributed by atoms with Crippen LogP contribution in [0.25, 0.3) is 0 Å². The maximum absolute atomic E-state index is 10.4. The zero-order valence-corrected chi connectivity index (χ0v) is 5.73. The lowest BCUT2D eigenvalue weighted by Crippen LogP contribution is -1.94. The lowest BCUT2D eigenvalue weighted by atomic mass is 10.2. The number of allylic oxidation sites excluding steroid dienone is 4. The molecule has 1 atom stereocenters. The normalized spacial score (nSPS) is 21.2. The maximum atomic E-state index is 10.4. The number of hydrogen-bond donors (Lipinski definition) is 1. The summed E-state index contributed by atoms with van der Waals surface area (Å²) >= 11 is -1.74. The Kier molecular flexibility index (Phi) is 2.19. The fourth-order valence-corrected chi connectivity index (χ4v) is 1.21. The van der Waals surface area contributed by atoms with Gasteiger partial charge < -0.3 is 4.55 Å². The zero-order chi connectivity index (χ0) is 6.69. The molecule has 0 bridgehead atoms. The third-order valence-corrected chi connectivity index (χ3v) is 1.99. The second kappa shape index (κ2) is 2.94. The van der Waals surface area contributed by atoms with Crippen molar-refractivity contribution in [3.8, 4) is 0 Å². The molecule has 0 radical (unpaired) electrons. The molecule has 0 spiro atoms. The van der Waals surface area contributed by atoms with Crippen molar-refractivity contribution >= 4 is 11.1 Å². The van der Waals surface area contributed by atoms with E-state index in [0.717, 1.165) is 12.8 Å². The highest BCUT2D eigenvalue weighted by atomic mass is 32.2. The third kappa shape index (κ3) is 1.77. The molecule has 1 aliphatic rings. The molecule has 1 N–H and O–H groups in total. The second-order valence-electron chi connectivity index (χ2n) is 1.85. The topological polar surface area (TPSA) is 37.3 Å². The Morgan fingerprint density at radius 3 is 2.78 bits per heavy atom. The van der Waals surface area contributed by atoms with Crippen LogP contribution in [-0.2, 0) is 11.1 Å². The summed E-state index contributed by atoms with van der Waals surface area (Å²) < 4.78 is 18.9. The minimum atomic E-state index is -1.74. The molecular formula is C6H8O2S. The molecule has 9 heavy (non-hydrogen) atoms. The fraction of sp³-hybridized carbons (Fsp3) is 0.333. The molecule has 0 saturated carbocycles. The van der Waals surface area contributed by atoms with E-state index in [1.807, 2.05) is 12.2 Å². The van der Waals surface area contributed by atoms with E-state index in [4.69, 9.17) is 4.55 Å². The van der Waals surface area contributed by atoms with Gasteiger partial charge in [0.1, 0.15) is 0 Å². The Hall–Kier alpha value is -0.410. The molecule has 0 aromatic rings. The van der Waals surface area contributed by atoms with Crippen molar-refractivity contribution in [3.63, 3.8) is 0 Å². The molecule has 0 aromatic heterocycles. The van der Waals surface area contributed by atoms with E-state index in [9.17, 15) is 4.21 Å². The smallest absolute Gasteiger partial charge is 0.182 e. The predicted molar refractivity (Wildman–Crippen MR) is 37.2 cm³/mol. The van der Waals surface area contributed by atoms with Crippen LogP contribution in [0.3, 0.4) is 0 Å². The van der Waals surface area contributed by atoms with Crippen molar-refractivity contribution in [2.24, 2.45) is 0 Å². The van der Waals surface area contributed by atoms with Gasteiger partial charge in [-0.2, -0.15) is 0 Å². The highest BCUT2D eigenvalue weighted by molar-refractivity contribution is 7.83. The van der Waals surface area contributed by atoms with Gasteiger partial charge in [-0.05, 0) is 18.9 Å². The standard InChI is InChI=1S/C6H8O2S/c7-9(8)6-4-2-1-3-5-6/h1-2,4H,3,5H2,(H,7,8). The van der Waals surface area contributed by atoms with Crippen molar-refractivity contribution in [3.05, 3.63) is 23.1 Å². The lowest BCUT2D eigenvalue weighted by Gasteiger charge is -2.01. The van der Waals surface area contributed by atoms with E-state index >= 15 is 0 Å². The molecule has 0 fully saturated rings. The van der Waals surface area contributed by atoms with Gasteiger partial charge in [-0.1, -0.05) is 12.2 Å². The zero-order valence-electron chi connectivity index (χ0n) is 4.91. The van der Waals surface area contributed by atoms with Gasteiger partial charge >= 0.3 is 0 Å². The Bertz CT molecular complexity index is 181. The summed E-state index contributed by atoms with van der Waals surface area (Å²) in [4.78, 5) is 0.623. The summed E-state index contributed by atoms with van der Waals surface area (Å²) in [7, 11) is 0. The van der Waals surface area contributed by atoms with Crippen molar-refractivity contribution < 1.29 is 8.76 Å². The summed E-state index contributed by atoms with van der Waals surface area (Å²) in [6.45, 7) is 0. The molecule has 50 valence electrons. The summed E-state index contributed by atoms with van der Waals surface area (Å²) in [5.41, 5.74) is 0. The Morgan fingerprint density at radius 1 is 1.67 bits per heavy atom. The SMILES string of the molecule is O=S(O)C1=CC=CCC1. The van der Waals surface area contributed by atoms with Crippen molar-refractivity contribution in [1.82, 2.24) is 0 Å². The summed E-state index contributed by atoms with van der Waals surface area (Å²) in [6, 6.07) is 0. The number of hydrogen-bond acceptors (Lipinski definition) is 1. The monoisotopic (exact) mass is 144 g/mol. The van der Waals surface area contributed by atoms with Crippen LogP contribution in [0.2, 0.25) is 0 Å². The summed E-state index contributed by atoms with van der Waals surface area (Å²) in [6.07, 6.45) is 7.10. The van der Waals surface area contributed by atoms with Gasteiger partial charge in [-0.15, -0.1) is 0 Å². The van der Waals surface area contributed by atoms with E-state index in [1.165, 1.54) is 0 Å². The first-order valence-corrected chi connectivity index (χ1v) is 3.88. The van der Waals surface area contributed by atoms with Gasteiger partial charge in [0.2, 0.25) is 0 Å². The summed E-state index contributed by atoms with van der Waals surface area (Å²) in [5.74, 6) is 0. The van der Waals surface area contributed by atoms with E-state index in [2.05, 4.69) is 0 Å². The van der Waals surface area contributed by atoms with Crippen LogP contribution in [0.15, 0.2) is 23.1 Å².